The molecule has 160 valence electrons. The average molecular weight is 434 g/mol. The molecule has 1 aliphatic rings. The van der Waals surface area contributed by atoms with Crippen molar-refractivity contribution in [3.63, 3.8) is 0 Å². The van der Waals surface area contributed by atoms with Crippen LogP contribution >= 0.6 is 0 Å². The van der Waals surface area contributed by atoms with Gasteiger partial charge in [0.1, 0.15) is 17.4 Å². The minimum Gasteiger partial charge on any atom is -0.402 e. The van der Waals surface area contributed by atoms with E-state index in [0.29, 0.717) is 35.8 Å². The van der Waals surface area contributed by atoms with Gasteiger partial charge in [-0.2, -0.15) is 5.10 Å². The van der Waals surface area contributed by atoms with E-state index in [2.05, 4.69) is 30.2 Å². The van der Waals surface area contributed by atoms with Crippen LogP contribution in [-0.2, 0) is 6.42 Å². The van der Waals surface area contributed by atoms with Crippen molar-refractivity contribution in [3.05, 3.63) is 77.8 Å². The summed E-state index contributed by atoms with van der Waals surface area (Å²) in [6, 6.07) is 11.7. The number of alkyl halides is 2. The number of aromatic nitrogens is 7. The Morgan fingerprint density at radius 3 is 2.88 bits per heavy atom. The maximum Gasteiger partial charge on any atom is 0.319 e. The number of hydrogen-bond donors (Lipinski definition) is 1. The van der Waals surface area contributed by atoms with Crippen molar-refractivity contribution in [1.29, 1.82) is 0 Å². The third-order valence-electron chi connectivity index (χ3n) is 5.51. The van der Waals surface area contributed by atoms with Gasteiger partial charge in [-0.3, -0.25) is 4.98 Å². The molecule has 11 heteroatoms. The number of pyridine rings is 2. The lowest BCUT2D eigenvalue weighted by Gasteiger charge is -2.32. The Morgan fingerprint density at radius 1 is 1.09 bits per heavy atom. The number of nitrogens with one attached hydrogen (secondary N) is 1. The Labute approximate surface area is 179 Å². The van der Waals surface area contributed by atoms with Crippen LogP contribution in [0.2, 0.25) is 0 Å². The minimum atomic E-state index is -2.65. The van der Waals surface area contributed by atoms with E-state index < -0.39 is 12.5 Å². The molecule has 1 aliphatic heterocycles. The van der Waals surface area contributed by atoms with Gasteiger partial charge in [-0.15, -0.1) is 5.10 Å². The normalized spacial score (nSPS) is 16.1. The molecule has 5 aromatic rings. The zero-order valence-corrected chi connectivity index (χ0v) is 16.6. The standard InChI is InChI=1S/C21H16F2N8O/c22-19(23)16-6-3-4-12-10-15(29-31(12)16)18-17-13(25-11-26-17)7-9-30(18)21-28-27-20(32-21)14-5-1-2-8-24-14/h1-6,8,10-11,18-19H,7,9H2,(H,25,26)/t18-/m0/s1. The highest BCUT2D eigenvalue weighted by molar-refractivity contribution is 5.54. The fraction of sp³-hybridized carbons (Fsp3) is 0.190. The number of aromatic amines is 1. The first kappa shape index (κ1) is 18.6. The number of hydrogen-bond acceptors (Lipinski definition) is 7. The summed E-state index contributed by atoms with van der Waals surface area (Å²) in [4.78, 5) is 13.8. The van der Waals surface area contributed by atoms with Gasteiger partial charge in [0.25, 0.3) is 12.3 Å². The molecule has 0 saturated carbocycles. The summed E-state index contributed by atoms with van der Waals surface area (Å²) < 4.78 is 34.2. The second-order valence-corrected chi connectivity index (χ2v) is 7.37. The molecule has 1 N–H and O–H groups in total. The van der Waals surface area contributed by atoms with Crippen LogP contribution in [-0.4, -0.2) is 41.3 Å². The third-order valence-corrected chi connectivity index (χ3v) is 5.51. The molecule has 0 unspecified atom stereocenters. The van der Waals surface area contributed by atoms with Crippen molar-refractivity contribution >= 4 is 11.5 Å². The van der Waals surface area contributed by atoms with Gasteiger partial charge in [0.2, 0.25) is 0 Å². The number of rotatable bonds is 4. The second kappa shape index (κ2) is 7.22. The molecule has 0 bridgehead atoms. The molecule has 0 saturated heterocycles. The zero-order valence-electron chi connectivity index (χ0n) is 16.6. The number of halogens is 2. The van der Waals surface area contributed by atoms with E-state index in [-0.39, 0.29) is 11.7 Å². The van der Waals surface area contributed by atoms with E-state index in [1.54, 1.807) is 42.9 Å². The summed E-state index contributed by atoms with van der Waals surface area (Å²) in [7, 11) is 0. The molecular formula is C21H16F2N8O. The largest absolute Gasteiger partial charge is 0.402 e. The van der Waals surface area contributed by atoms with Gasteiger partial charge >= 0.3 is 6.01 Å². The van der Waals surface area contributed by atoms with E-state index in [0.717, 1.165) is 11.4 Å². The molecule has 9 nitrogen and oxygen atoms in total. The maximum atomic E-state index is 13.5. The van der Waals surface area contributed by atoms with Crippen LogP contribution in [0.25, 0.3) is 17.1 Å². The summed E-state index contributed by atoms with van der Waals surface area (Å²) in [6.45, 7) is 0.555. The molecular weight excluding hydrogens is 418 g/mol. The van der Waals surface area contributed by atoms with E-state index in [1.165, 1.54) is 10.6 Å². The predicted octanol–water partition coefficient (Wildman–Crippen LogP) is 3.59. The van der Waals surface area contributed by atoms with Crippen LogP contribution in [0.15, 0.2) is 59.4 Å². The fourth-order valence-corrected chi connectivity index (χ4v) is 4.06. The first-order valence-corrected chi connectivity index (χ1v) is 9.99. The maximum absolute atomic E-state index is 13.5. The Morgan fingerprint density at radius 2 is 2.03 bits per heavy atom. The summed E-state index contributed by atoms with van der Waals surface area (Å²) >= 11 is 0. The average Bonchev–Trinajstić information content (AvgIpc) is 3.57. The molecule has 32 heavy (non-hydrogen) atoms. The van der Waals surface area contributed by atoms with Crippen molar-refractivity contribution in [3.8, 4) is 11.6 Å². The topological polar surface area (TPSA) is 101 Å². The molecule has 0 amide bonds. The highest BCUT2D eigenvalue weighted by Crippen LogP contribution is 2.37. The summed E-state index contributed by atoms with van der Waals surface area (Å²) in [5.41, 5.74) is 3.23. The lowest BCUT2D eigenvalue weighted by atomic mass is 10.0. The Bertz CT molecular complexity index is 1390. The molecule has 0 radical (unpaired) electrons. The second-order valence-electron chi connectivity index (χ2n) is 7.37. The Kier molecular flexibility index (Phi) is 4.20. The van der Waals surface area contributed by atoms with Gasteiger partial charge in [0.15, 0.2) is 0 Å². The SMILES string of the molecule is FC(F)c1cccc2cc([C@H]3c4nc[nH]c4CCN3c3nnc(-c4ccccn4)o3)nn12. The lowest BCUT2D eigenvalue weighted by molar-refractivity contribution is 0.143. The first-order chi connectivity index (χ1) is 15.7. The van der Waals surface area contributed by atoms with Gasteiger partial charge in [-0.05, 0) is 30.3 Å². The number of fused-ring (bicyclic) bond motifs is 2. The van der Waals surface area contributed by atoms with Crippen molar-refractivity contribution in [2.45, 2.75) is 18.9 Å². The molecule has 0 spiro atoms. The Hall–Kier alpha value is -4.15. The highest BCUT2D eigenvalue weighted by Gasteiger charge is 2.36. The molecule has 1 atom stereocenters. The zero-order chi connectivity index (χ0) is 21.7. The number of imidazole rings is 1. The molecule has 6 rings (SSSR count). The van der Waals surface area contributed by atoms with Gasteiger partial charge < -0.3 is 14.3 Å². The van der Waals surface area contributed by atoms with E-state index in [9.17, 15) is 8.78 Å². The quantitative estimate of drug-likeness (QED) is 0.461. The number of H-pyrrole nitrogens is 1. The van der Waals surface area contributed by atoms with Crippen LogP contribution in [0.4, 0.5) is 14.8 Å². The van der Waals surface area contributed by atoms with Gasteiger partial charge in [-0.25, -0.2) is 18.3 Å². The van der Waals surface area contributed by atoms with Gasteiger partial charge in [0.05, 0.1) is 23.2 Å². The van der Waals surface area contributed by atoms with E-state index in [1.807, 2.05) is 11.0 Å². The van der Waals surface area contributed by atoms with Crippen LogP contribution in [0.1, 0.15) is 35.2 Å². The Balaban J connectivity index is 1.46. The third kappa shape index (κ3) is 2.93. The van der Waals surface area contributed by atoms with Crippen LogP contribution in [0, 0.1) is 0 Å². The number of anilines is 1. The predicted molar refractivity (Wildman–Crippen MR) is 109 cm³/mol. The molecule has 0 aliphatic carbocycles. The van der Waals surface area contributed by atoms with E-state index in [4.69, 9.17) is 4.42 Å². The number of nitrogens with zero attached hydrogens (tertiary/aromatic N) is 7. The molecule has 5 aromatic heterocycles. The fourth-order valence-electron chi connectivity index (χ4n) is 4.06. The van der Waals surface area contributed by atoms with Crippen LogP contribution < -0.4 is 4.90 Å². The van der Waals surface area contributed by atoms with Crippen molar-refractivity contribution in [2.75, 3.05) is 11.4 Å². The summed E-state index contributed by atoms with van der Waals surface area (Å²) in [6.07, 6.45) is 1.31. The van der Waals surface area contributed by atoms with Crippen LogP contribution in [0.3, 0.4) is 0 Å². The van der Waals surface area contributed by atoms with E-state index >= 15 is 0 Å². The van der Waals surface area contributed by atoms with Gasteiger partial charge in [0, 0.05) is 24.9 Å². The van der Waals surface area contributed by atoms with Gasteiger partial charge in [-0.1, -0.05) is 17.2 Å². The summed E-state index contributed by atoms with van der Waals surface area (Å²) in [5.74, 6) is 0.294. The minimum absolute atomic E-state index is 0.173. The summed E-state index contributed by atoms with van der Waals surface area (Å²) in [5, 5.41) is 12.9. The van der Waals surface area contributed by atoms with Crippen molar-refractivity contribution < 1.29 is 13.2 Å². The van der Waals surface area contributed by atoms with Crippen LogP contribution in [0.5, 0.6) is 0 Å². The highest BCUT2D eigenvalue weighted by atomic mass is 19.3. The van der Waals surface area contributed by atoms with Crippen molar-refractivity contribution in [2.24, 2.45) is 0 Å². The first-order valence-electron chi connectivity index (χ1n) is 9.99. The molecule has 0 fully saturated rings. The monoisotopic (exact) mass is 434 g/mol. The lowest BCUT2D eigenvalue weighted by Crippen LogP contribution is -2.37. The molecule has 6 heterocycles. The smallest absolute Gasteiger partial charge is 0.319 e. The molecule has 0 aromatic carbocycles. The van der Waals surface area contributed by atoms with Crippen molar-refractivity contribution in [1.82, 2.24) is 34.8 Å².